The molecule has 8 nitrogen and oxygen atoms in total. The van der Waals surface area contributed by atoms with Crippen molar-refractivity contribution in [2.24, 2.45) is 5.92 Å². The minimum atomic E-state index is -0.953. The highest BCUT2D eigenvalue weighted by molar-refractivity contribution is 5.92. The van der Waals surface area contributed by atoms with Crippen LogP contribution in [0, 0.1) is 5.92 Å². The average Bonchev–Trinajstić information content (AvgIpc) is 2.89. The van der Waals surface area contributed by atoms with Crippen LogP contribution in [0.5, 0.6) is 5.75 Å². The molecule has 2 aromatic carbocycles. The van der Waals surface area contributed by atoms with Crippen LogP contribution in [0.25, 0.3) is 0 Å². The van der Waals surface area contributed by atoms with E-state index in [9.17, 15) is 19.5 Å². The van der Waals surface area contributed by atoms with Gasteiger partial charge in [-0.05, 0) is 56.4 Å². The van der Waals surface area contributed by atoms with Crippen LogP contribution in [-0.2, 0) is 20.9 Å². The molecule has 0 aliphatic rings. The van der Waals surface area contributed by atoms with E-state index < -0.39 is 23.8 Å². The number of carbonyl (C=O) groups excluding carboxylic acids is 3. The normalized spacial score (nSPS) is 13.6. The van der Waals surface area contributed by atoms with E-state index in [-0.39, 0.29) is 23.5 Å². The summed E-state index contributed by atoms with van der Waals surface area (Å²) in [5.74, 6) is -0.824. The summed E-state index contributed by atoms with van der Waals surface area (Å²) < 4.78 is 5.46. The second-order valence-corrected chi connectivity index (χ2v) is 10.9. The quantitative estimate of drug-likeness (QED) is 0.283. The molecule has 0 aliphatic carbocycles. The molecule has 2 aromatic rings. The summed E-state index contributed by atoms with van der Waals surface area (Å²) in [5, 5.41) is 15.7. The minimum Gasteiger partial charge on any atom is -0.508 e. The van der Waals surface area contributed by atoms with Crippen LogP contribution in [-0.4, -0.2) is 46.1 Å². The van der Waals surface area contributed by atoms with Gasteiger partial charge in [0.05, 0.1) is 0 Å². The topological polar surface area (TPSA) is 108 Å². The van der Waals surface area contributed by atoms with Gasteiger partial charge in [-0.15, -0.1) is 0 Å². The number of nitrogens with zero attached hydrogens (tertiary/aromatic N) is 1. The molecule has 0 saturated heterocycles. The van der Waals surface area contributed by atoms with E-state index in [4.69, 9.17) is 4.74 Å². The second-order valence-electron chi connectivity index (χ2n) is 10.9. The Hall–Kier alpha value is -3.55. The predicted octanol–water partition coefficient (Wildman–Crippen LogP) is 5.71. The first-order valence-electron chi connectivity index (χ1n) is 13.9. The summed E-state index contributed by atoms with van der Waals surface area (Å²) in [7, 11) is 0. The zero-order chi connectivity index (χ0) is 29.0. The average molecular weight is 540 g/mol. The largest absolute Gasteiger partial charge is 0.508 e. The van der Waals surface area contributed by atoms with E-state index in [0.29, 0.717) is 31.5 Å². The SMILES string of the molecule is CCCCCN(C(=O)C(NC(=O)OC(C)(C)C)C(C)CC)C(C(=O)NCc1ccccc1)c1ccc(O)cc1. The van der Waals surface area contributed by atoms with Gasteiger partial charge in [0.15, 0.2) is 0 Å². The Morgan fingerprint density at radius 1 is 0.974 bits per heavy atom. The number of carbonyl (C=O) groups is 3. The van der Waals surface area contributed by atoms with Gasteiger partial charge in [0, 0.05) is 13.1 Å². The van der Waals surface area contributed by atoms with Gasteiger partial charge in [-0.1, -0.05) is 82.5 Å². The summed E-state index contributed by atoms with van der Waals surface area (Å²) in [6.45, 7) is 11.9. The lowest BCUT2D eigenvalue weighted by Gasteiger charge is -2.36. The fraction of sp³-hybridized carbons (Fsp3) is 0.516. The maximum absolute atomic E-state index is 14.2. The molecular formula is C31H45N3O5. The van der Waals surface area contributed by atoms with Gasteiger partial charge in [0.25, 0.3) is 0 Å². The number of aromatic hydroxyl groups is 1. The number of ether oxygens (including phenoxy) is 1. The number of unbranched alkanes of at least 4 members (excludes halogenated alkanes) is 2. The maximum atomic E-state index is 14.2. The molecule has 8 heteroatoms. The molecule has 0 aliphatic heterocycles. The molecule has 0 saturated carbocycles. The van der Waals surface area contributed by atoms with Gasteiger partial charge < -0.3 is 25.4 Å². The highest BCUT2D eigenvalue weighted by Gasteiger charge is 2.37. The molecule has 3 atom stereocenters. The Bertz CT molecular complexity index is 1050. The Kier molecular flexibility index (Phi) is 12.3. The molecule has 3 amide bonds. The summed E-state index contributed by atoms with van der Waals surface area (Å²) in [5.41, 5.74) is 0.784. The van der Waals surface area contributed by atoms with Crippen LogP contribution in [0.1, 0.15) is 84.4 Å². The number of benzene rings is 2. The Morgan fingerprint density at radius 2 is 1.62 bits per heavy atom. The molecule has 0 radical (unpaired) electrons. The van der Waals surface area contributed by atoms with Crippen molar-refractivity contribution in [2.75, 3.05) is 6.54 Å². The minimum absolute atomic E-state index is 0.0649. The van der Waals surface area contributed by atoms with Gasteiger partial charge in [-0.2, -0.15) is 0 Å². The van der Waals surface area contributed by atoms with E-state index >= 15 is 0 Å². The Morgan fingerprint density at radius 3 is 2.18 bits per heavy atom. The Labute approximate surface area is 233 Å². The summed E-state index contributed by atoms with van der Waals surface area (Å²) in [4.78, 5) is 42.3. The number of nitrogens with one attached hydrogen (secondary N) is 2. The van der Waals surface area contributed by atoms with Crippen LogP contribution >= 0.6 is 0 Å². The van der Waals surface area contributed by atoms with Gasteiger partial charge >= 0.3 is 6.09 Å². The number of hydrogen-bond acceptors (Lipinski definition) is 5. The first-order valence-corrected chi connectivity index (χ1v) is 13.9. The third kappa shape index (κ3) is 10.3. The molecule has 39 heavy (non-hydrogen) atoms. The van der Waals surface area contributed by atoms with E-state index in [1.807, 2.05) is 44.2 Å². The van der Waals surface area contributed by atoms with E-state index in [0.717, 1.165) is 18.4 Å². The predicted molar refractivity (Wildman–Crippen MR) is 153 cm³/mol. The molecule has 3 unspecified atom stereocenters. The molecule has 2 rings (SSSR count). The number of rotatable bonds is 13. The van der Waals surface area contributed by atoms with Crippen LogP contribution in [0.15, 0.2) is 54.6 Å². The van der Waals surface area contributed by atoms with Crippen LogP contribution < -0.4 is 10.6 Å². The lowest BCUT2D eigenvalue weighted by molar-refractivity contribution is -0.143. The van der Waals surface area contributed by atoms with Crippen LogP contribution in [0.3, 0.4) is 0 Å². The van der Waals surface area contributed by atoms with Crippen molar-refractivity contribution in [3.8, 4) is 5.75 Å². The van der Waals surface area contributed by atoms with Crippen molar-refractivity contribution < 1.29 is 24.2 Å². The van der Waals surface area contributed by atoms with Crippen LogP contribution in [0.2, 0.25) is 0 Å². The molecule has 0 spiro atoms. The smallest absolute Gasteiger partial charge is 0.408 e. The molecule has 0 fully saturated rings. The van der Waals surface area contributed by atoms with Gasteiger partial charge in [-0.3, -0.25) is 9.59 Å². The monoisotopic (exact) mass is 539 g/mol. The van der Waals surface area contributed by atoms with E-state index in [2.05, 4.69) is 17.6 Å². The lowest BCUT2D eigenvalue weighted by atomic mass is 9.95. The molecule has 0 bridgehead atoms. The fourth-order valence-corrected chi connectivity index (χ4v) is 4.21. The summed E-state index contributed by atoms with van der Waals surface area (Å²) in [6.07, 6.45) is 2.48. The van der Waals surface area contributed by atoms with Gasteiger partial charge in [0.1, 0.15) is 23.4 Å². The van der Waals surface area contributed by atoms with Gasteiger partial charge in [0.2, 0.25) is 11.8 Å². The molecule has 0 heterocycles. The number of phenolic OH excluding ortho intramolecular Hbond substituents is 1. The molecule has 0 aromatic heterocycles. The highest BCUT2D eigenvalue weighted by Crippen LogP contribution is 2.27. The van der Waals surface area contributed by atoms with Crippen molar-refractivity contribution in [3.63, 3.8) is 0 Å². The zero-order valence-corrected chi connectivity index (χ0v) is 24.2. The molecule has 3 N–H and O–H groups in total. The van der Waals surface area contributed by atoms with Gasteiger partial charge in [-0.25, -0.2) is 4.79 Å². The zero-order valence-electron chi connectivity index (χ0n) is 24.2. The van der Waals surface area contributed by atoms with Crippen LogP contribution in [0.4, 0.5) is 4.79 Å². The molecule has 214 valence electrons. The van der Waals surface area contributed by atoms with Crippen molar-refractivity contribution in [3.05, 3.63) is 65.7 Å². The van der Waals surface area contributed by atoms with Crippen molar-refractivity contribution in [1.82, 2.24) is 15.5 Å². The summed E-state index contributed by atoms with van der Waals surface area (Å²) in [6, 6.07) is 14.0. The third-order valence-electron chi connectivity index (χ3n) is 6.52. The van der Waals surface area contributed by atoms with Crippen molar-refractivity contribution >= 4 is 17.9 Å². The summed E-state index contributed by atoms with van der Waals surface area (Å²) >= 11 is 0. The lowest BCUT2D eigenvalue weighted by Crippen LogP contribution is -2.55. The maximum Gasteiger partial charge on any atom is 0.408 e. The number of alkyl carbamates (subject to hydrolysis) is 1. The first-order chi connectivity index (χ1) is 18.5. The highest BCUT2D eigenvalue weighted by atomic mass is 16.6. The third-order valence-corrected chi connectivity index (χ3v) is 6.52. The number of phenols is 1. The second kappa shape index (κ2) is 15.1. The number of hydrogen-bond donors (Lipinski definition) is 3. The number of amides is 3. The van der Waals surface area contributed by atoms with E-state index in [1.165, 1.54) is 12.1 Å². The van der Waals surface area contributed by atoms with Crippen molar-refractivity contribution in [2.45, 2.75) is 91.5 Å². The fourth-order valence-electron chi connectivity index (χ4n) is 4.21. The molecular weight excluding hydrogens is 494 g/mol. The standard InChI is InChI=1S/C31H45N3O5/c1-7-9-13-20-34(29(37)26(22(3)8-2)33-30(38)39-31(4,5)6)27(24-16-18-25(35)19-17-24)28(36)32-21-23-14-11-10-12-15-23/h10-12,14-19,22,26-27,35H,7-9,13,20-21H2,1-6H3,(H,32,36)(H,33,38). The van der Waals surface area contributed by atoms with E-state index in [1.54, 1.807) is 37.8 Å². The first kappa shape index (κ1) is 31.7. The Balaban J connectivity index is 2.47. The van der Waals surface area contributed by atoms with Crippen molar-refractivity contribution in [1.29, 1.82) is 0 Å².